The van der Waals surface area contributed by atoms with E-state index in [2.05, 4.69) is 15.8 Å². The van der Waals surface area contributed by atoms with Crippen LogP contribution in [0.5, 0.6) is 11.5 Å². The number of methoxy groups -OCH3 is 1. The summed E-state index contributed by atoms with van der Waals surface area (Å²) in [6, 6.07) is 11.3. The van der Waals surface area contributed by atoms with Gasteiger partial charge in [-0.2, -0.15) is 5.10 Å². The van der Waals surface area contributed by atoms with Crippen molar-refractivity contribution in [2.24, 2.45) is 5.10 Å². The predicted octanol–water partition coefficient (Wildman–Crippen LogP) is 3.00. The van der Waals surface area contributed by atoms with Gasteiger partial charge in [-0.25, -0.2) is 5.43 Å². The number of carbonyl (C=O) groups excluding carboxylic acids is 1. The topological polar surface area (TPSA) is 83.0 Å². The van der Waals surface area contributed by atoms with Crippen LogP contribution < -0.4 is 15.5 Å². The lowest BCUT2D eigenvalue weighted by molar-refractivity contribution is -0.121. The van der Waals surface area contributed by atoms with E-state index in [1.54, 1.807) is 38.3 Å². The summed E-state index contributed by atoms with van der Waals surface area (Å²) in [5, 5.41) is 17.0. The number of halogens is 1. The number of amides is 1. The van der Waals surface area contributed by atoms with Crippen LogP contribution >= 0.6 is 11.6 Å². The van der Waals surface area contributed by atoms with E-state index in [-0.39, 0.29) is 11.7 Å². The minimum absolute atomic E-state index is 0.0294. The van der Waals surface area contributed by atoms with E-state index in [4.69, 9.17) is 16.3 Å². The summed E-state index contributed by atoms with van der Waals surface area (Å²) in [6.07, 6.45) is 1.33. The highest BCUT2D eigenvalue weighted by Crippen LogP contribution is 2.19. The normalized spacial score (nSPS) is 12.0. The number of anilines is 1. The molecule has 2 aromatic carbocycles. The molecule has 0 fully saturated rings. The molecule has 0 aliphatic carbocycles. The second-order valence-electron chi connectivity index (χ2n) is 5.03. The highest BCUT2D eigenvalue weighted by Gasteiger charge is 2.11. The van der Waals surface area contributed by atoms with Crippen LogP contribution in [-0.4, -0.2) is 30.4 Å². The Bertz CT molecular complexity index is 732. The highest BCUT2D eigenvalue weighted by molar-refractivity contribution is 6.30. The first-order valence-corrected chi connectivity index (χ1v) is 7.59. The Morgan fingerprint density at radius 1 is 1.29 bits per heavy atom. The Hall–Kier alpha value is -2.73. The van der Waals surface area contributed by atoms with Gasteiger partial charge in [-0.15, -0.1) is 0 Å². The number of carbonyl (C=O) groups is 1. The maximum atomic E-state index is 12.0. The third-order valence-electron chi connectivity index (χ3n) is 3.23. The van der Waals surface area contributed by atoms with E-state index >= 15 is 0 Å². The summed E-state index contributed by atoms with van der Waals surface area (Å²) in [7, 11) is 1.59. The van der Waals surface area contributed by atoms with E-state index in [0.717, 1.165) is 11.4 Å². The molecule has 1 amide bonds. The number of hydrazone groups is 1. The molecule has 0 heterocycles. The number of phenols is 1. The van der Waals surface area contributed by atoms with Crippen molar-refractivity contribution in [3.8, 4) is 11.5 Å². The number of hydrogen-bond acceptors (Lipinski definition) is 5. The fourth-order valence-corrected chi connectivity index (χ4v) is 2.07. The van der Waals surface area contributed by atoms with E-state index in [0.29, 0.717) is 10.6 Å². The van der Waals surface area contributed by atoms with Gasteiger partial charge in [0.2, 0.25) is 0 Å². The second kappa shape index (κ2) is 8.21. The maximum absolute atomic E-state index is 12.0. The van der Waals surface area contributed by atoms with Crippen LogP contribution in [0.25, 0.3) is 0 Å². The van der Waals surface area contributed by atoms with Crippen molar-refractivity contribution in [3.63, 3.8) is 0 Å². The summed E-state index contributed by atoms with van der Waals surface area (Å²) in [6.45, 7) is 1.71. The van der Waals surface area contributed by atoms with Crippen molar-refractivity contribution in [2.45, 2.75) is 13.0 Å². The summed E-state index contributed by atoms with van der Waals surface area (Å²) >= 11 is 5.84. The summed E-state index contributed by atoms with van der Waals surface area (Å²) in [4.78, 5) is 12.0. The third kappa shape index (κ3) is 4.89. The number of rotatable bonds is 6. The number of ether oxygens (including phenoxy) is 1. The standard InChI is InChI=1S/C17H18ClN3O3/c1-11(20-14-4-6-15(24-2)7-5-14)17(23)21-19-10-12-9-13(18)3-8-16(12)22/h3-11,20,22H,1-2H3,(H,21,23). The van der Waals surface area contributed by atoms with Gasteiger partial charge in [-0.05, 0) is 49.4 Å². The van der Waals surface area contributed by atoms with Gasteiger partial charge in [0.05, 0.1) is 13.3 Å². The molecule has 126 valence electrons. The first kappa shape index (κ1) is 17.6. The molecule has 0 bridgehead atoms. The Kier molecular flexibility index (Phi) is 6.03. The molecule has 1 unspecified atom stereocenters. The van der Waals surface area contributed by atoms with Crippen LogP contribution in [0.2, 0.25) is 5.02 Å². The fourth-order valence-electron chi connectivity index (χ4n) is 1.89. The monoisotopic (exact) mass is 347 g/mol. The van der Waals surface area contributed by atoms with Crippen LogP contribution in [0.1, 0.15) is 12.5 Å². The average Bonchev–Trinajstić information content (AvgIpc) is 2.58. The van der Waals surface area contributed by atoms with Crippen molar-refractivity contribution in [1.82, 2.24) is 5.43 Å². The summed E-state index contributed by atoms with van der Waals surface area (Å²) in [5.41, 5.74) is 3.61. The first-order chi connectivity index (χ1) is 11.5. The number of phenolic OH excluding ortho intramolecular Hbond substituents is 1. The lowest BCUT2D eigenvalue weighted by atomic mass is 10.2. The zero-order chi connectivity index (χ0) is 17.5. The Labute approximate surface area is 145 Å². The Balaban J connectivity index is 1.91. The SMILES string of the molecule is COc1ccc(NC(C)C(=O)NN=Cc2cc(Cl)ccc2O)cc1. The smallest absolute Gasteiger partial charge is 0.262 e. The molecule has 2 aromatic rings. The van der Waals surface area contributed by atoms with Crippen LogP contribution in [0.4, 0.5) is 5.69 Å². The molecule has 0 aliphatic rings. The molecule has 24 heavy (non-hydrogen) atoms. The van der Waals surface area contributed by atoms with Crippen LogP contribution in [-0.2, 0) is 4.79 Å². The zero-order valence-corrected chi connectivity index (χ0v) is 14.0. The van der Waals surface area contributed by atoms with E-state index in [1.165, 1.54) is 12.3 Å². The van der Waals surface area contributed by atoms with E-state index in [9.17, 15) is 9.90 Å². The quantitative estimate of drug-likeness (QED) is 0.554. The van der Waals surface area contributed by atoms with E-state index in [1.807, 2.05) is 12.1 Å². The van der Waals surface area contributed by atoms with Crippen LogP contribution in [0, 0.1) is 0 Å². The molecule has 6 nitrogen and oxygen atoms in total. The number of aromatic hydroxyl groups is 1. The van der Waals surface area contributed by atoms with Gasteiger partial charge in [0, 0.05) is 16.3 Å². The summed E-state index contributed by atoms with van der Waals surface area (Å²) in [5.74, 6) is 0.453. The Morgan fingerprint density at radius 2 is 2.00 bits per heavy atom. The first-order valence-electron chi connectivity index (χ1n) is 7.21. The molecule has 1 atom stereocenters. The molecule has 3 N–H and O–H groups in total. The molecule has 0 radical (unpaired) electrons. The minimum Gasteiger partial charge on any atom is -0.507 e. The average molecular weight is 348 g/mol. The molecule has 0 aliphatic heterocycles. The number of benzene rings is 2. The molecule has 0 saturated heterocycles. The highest BCUT2D eigenvalue weighted by atomic mass is 35.5. The van der Waals surface area contributed by atoms with Gasteiger partial charge in [-0.3, -0.25) is 4.79 Å². The lowest BCUT2D eigenvalue weighted by Crippen LogP contribution is -2.34. The molecular weight excluding hydrogens is 330 g/mol. The van der Waals surface area contributed by atoms with Crippen molar-refractivity contribution in [1.29, 1.82) is 0 Å². The Morgan fingerprint density at radius 3 is 2.67 bits per heavy atom. The van der Waals surface area contributed by atoms with Gasteiger partial charge in [-0.1, -0.05) is 11.6 Å². The maximum Gasteiger partial charge on any atom is 0.262 e. The molecule has 0 spiro atoms. The zero-order valence-electron chi connectivity index (χ0n) is 13.3. The van der Waals surface area contributed by atoms with Gasteiger partial charge < -0.3 is 15.2 Å². The van der Waals surface area contributed by atoms with Gasteiger partial charge >= 0.3 is 0 Å². The number of nitrogens with zero attached hydrogens (tertiary/aromatic N) is 1. The third-order valence-corrected chi connectivity index (χ3v) is 3.47. The molecular formula is C17H18ClN3O3. The fraction of sp³-hybridized carbons (Fsp3) is 0.176. The van der Waals surface area contributed by atoms with Gasteiger partial charge in [0.1, 0.15) is 17.5 Å². The molecule has 0 aromatic heterocycles. The predicted molar refractivity (Wildman–Crippen MR) is 94.9 cm³/mol. The minimum atomic E-state index is -0.497. The van der Waals surface area contributed by atoms with Crippen LogP contribution in [0.15, 0.2) is 47.6 Å². The van der Waals surface area contributed by atoms with Crippen molar-refractivity contribution >= 4 is 29.4 Å². The van der Waals surface area contributed by atoms with Gasteiger partial charge in [0.15, 0.2) is 0 Å². The molecule has 0 saturated carbocycles. The second-order valence-corrected chi connectivity index (χ2v) is 5.47. The van der Waals surface area contributed by atoms with Crippen molar-refractivity contribution in [3.05, 3.63) is 53.1 Å². The lowest BCUT2D eigenvalue weighted by Gasteiger charge is -2.13. The number of nitrogens with one attached hydrogen (secondary N) is 2. The summed E-state index contributed by atoms with van der Waals surface area (Å²) < 4.78 is 5.08. The molecule has 2 rings (SSSR count). The van der Waals surface area contributed by atoms with Crippen molar-refractivity contribution < 1.29 is 14.6 Å². The largest absolute Gasteiger partial charge is 0.507 e. The van der Waals surface area contributed by atoms with E-state index < -0.39 is 6.04 Å². The van der Waals surface area contributed by atoms with Gasteiger partial charge in [0.25, 0.3) is 5.91 Å². The molecule has 7 heteroatoms. The van der Waals surface area contributed by atoms with Crippen LogP contribution in [0.3, 0.4) is 0 Å². The van der Waals surface area contributed by atoms with Crippen molar-refractivity contribution in [2.75, 3.05) is 12.4 Å². The number of hydrogen-bond donors (Lipinski definition) is 3.